The molecule has 4 nitrogen and oxygen atoms in total. The van der Waals surface area contributed by atoms with Crippen LogP contribution >= 0.6 is 0 Å². The average Bonchev–Trinajstić information content (AvgIpc) is 2.20. The maximum Gasteiger partial charge on any atom is 0.306 e. The summed E-state index contributed by atoms with van der Waals surface area (Å²) in [6, 6.07) is 0. The minimum absolute atomic E-state index is 0. The fourth-order valence-electron chi connectivity index (χ4n) is 0.868. The van der Waals surface area contributed by atoms with Crippen LogP contribution in [0.1, 0.15) is 40.5 Å². The predicted octanol–water partition coefficient (Wildman–Crippen LogP) is 1.78. The second kappa shape index (κ2) is 11.1. The van der Waals surface area contributed by atoms with E-state index in [2.05, 4.69) is 0 Å². The van der Waals surface area contributed by atoms with Crippen LogP contribution in [0.15, 0.2) is 0 Å². The second-order valence-corrected chi connectivity index (χ2v) is 4.65. The monoisotopic (exact) mass is 253 g/mol. The molecule has 0 aliphatic carbocycles. The van der Waals surface area contributed by atoms with E-state index >= 15 is 0 Å². The predicted molar refractivity (Wildman–Crippen MR) is 66.6 cm³/mol. The molecule has 0 rings (SSSR count). The first-order chi connectivity index (χ1) is 7.41. The number of carbonyl (C=O) groups excluding carboxylic acids is 2. The summed E-state index contributed by atoms with van der Waals surface area (Å²) in [5.74, 6) is -0.0425. The molecule has 0 unspecified atom stereocenters. The Labute approximate surface area is 126 Å². The molecule has 1 radical (unpaired) electrons. The number of hydrogen-bond acceptors (Lipinski definition) is 4. The molecule has 0 aliphatic heterocycles. The quantitative estimate of drug-likeness (QED) is 0.512. The van der Waals surface area contributed by atoms with Gasteiger partial charge in [0.15, 0.2) is 0 Å². The zero-order valence-electron chi connectivity index (χ0n) is 11.6. The number of esters is 2. The Morgan fingerprint density at radius 1 is 0.824 bits per heavy atom. The summed E-state index contributed by atoms with van der Waals surface area (Å²) in [7, 11) is 0. The molecular formula is C12H22NaO4. The van der Waals surface area contributed by atoms with Crippen molar-refractivity contribution in [3.05, 3.63) is 0 Å². The van der Waals surface area contributed by atoms with Crippen molar-refractivity contribution in [1.82, 2.24) is 0 Å². The summed E-state index contributed by atoms with van der Waals surface area (Å²) in [5.41, 5.74) is 0. The molecule has 0 saturated heterocycles. The number of carbonyl (C=O) groups is 2. The van der Waals surface area contributed by atoms with Gasteiger partial charge in [0, 0.05) is 29.6 Å². The minimum Gasteiger partial charge on any atom is -0.465 e. The third kappa shape index (κ3) is 13.9. The van der Waals surface area contributed by atoms with Gasteiger partial charge in [-0.25, -0.2) is 0 Å². The smallest absolute Gasteiger partial charge is 0.306 e. The van der Waals surface area contributed by atoms with Gasteiger partial charge in [-0.1, -0.05) is 27.7 Å². The van der Waals surface area contributed by atoms with Gasteiger partial charge in [-0.2, -0.15) is 0 Å². The molecule has 0 saturated carbocycles. The molecule has 5 heteroatoms. The van der Waals surface area contributed by atoms with Gasteiger partial charge in [0.1, 0.15) is 0 Å². The van der Waals surface area contributed by atoms with Crippen LogP contribution in [0.5, 0.6) is 0 Å². The van der Waals surface area contributed by atoms with E-state index in [4.69, 9.17) is 9.47 Å². The fourth-order valence-corrected chi connectivity index (χ4v) is 0.868. The zero-order valence-corrected chi connectivity index (χ0v) is 13.6. The normalized spacial score (nSPS) is 10.0. The largest absolute Gasteiger partial charge is 0.465 e. The Balaban J connectivity index is 0. The van der Waals surface area contributed by atoms with E-state index in [1.165, 1.54) is 0 Å². The van der Waals surface area contributed by atoms with Crippen LogP contribution < -0.4 is 0 Å². The molecule has 0 spiro atoms. The van der Waals surface area contributed by atoms with Crippen LogP contribution in [0.2, 0.25) is 0 Å². The minimum atomic E-state index is -0.338. The molecule has 0 aromatic carbocycles. The van der Waals surface area contributed by atoms with Crippen LogP contribution in [-0.4, -0.2) is 54.7 Å². The van der Waals surface area contributed by atoms with Gasteiger partial charge in [0.05, 0.1) is 26.1 Å². The van der Waals surface area contributed by atoms with Crippen molar-refractivity contribution < 1.29 is 19.1 Å². The van der Waals surface area contributed by atoms with Crippen LogP contribution in [-0.2, 0) is 19.1 Å². The number of ether oxygens (including phenoxy) is 2. The average molecular weight is 253 g/mol. The summed E-state index contributed by atoms with van der Waals surface area (Å²) >= 11 is 0. The Bertz CT molecular complexity index is 203. The molecule has 0 fully saturated rings. The zero-order chi connectivity index (χ0) is 12.6. The Morgan fingerprint density at radius 2 is 1.12 bits per heavy atom. The van der Waals surface area contributed by atoms with Crippen molar-refractivity contribution in [2.45, 2.75) is 40.5 Å². The summed E-state index contributed by atoms with van der Waals surface area (Å²) in [4.78, 5) is 22.3. The van der Waals surface area contributed by atoms with E-state index in [-0.39, 0.29) is 54.3 Å². The van der Waals surface area contributed by atoms with Gasteiger partial charge in [0.2, 0.25) is 0 Å². The third-order valence-electron chi connectivity index (χ3n) is 1.69. The Kier molecular flexibility index (Phi) is 12.5. The molecule has 0 atom stereocenters. The van der Waals surface area contributed by atoms with Gasteiger partial charge < -0.3 is 9.47 Å². The first-order valence-corrected chi connectivity index (χ1v) is 5.73. The van der Waals surface area contributed by atoms with Gasteiger partial charge in [0.25, 0.3) is 0 Å². The topological polar surface area (TPSA) is 52.6 Å². The van der Waals surface area contributed by atoms with Crippen molar-refractivity contribution in [3.8, 4) is 0 Å². The second-order valence-electron chi connectivity index (χ2n) is 4.65. The fraction of sp³-hybridized carbons (Fsp3) is 0.833. The summed E-state index contributed by atoms with van der Waals surface area (Å²) in [5, 5.41) is 0. The van der Waals surface area contributed by atoms with Crippen LogP contribution in [0.25, 0.3) is 0 Å². The van der Waals surface area contributed by atoms with Gasteiger partial charge in [-0.3, -0.25) is 9.59 Å². The van der Waals surface area contributed by atoms with Gasteiger partial charge in [-0.15, -0.1) is 0 Å². The third-order valence-corrected chi connectivity index (χ3v) is 1.69. The van der Waals surface area contributed by atoms with Crippen molar-refractivity contribution in [2.75, 3.05) is 13.2 Å². The molecule has 95 valence electrons. The van der Waals surface area contributed by atoms with Crippen LogP contribution in [0.4, 0.5) is 0 Å². The SMILES string of the molecule is CC(C)COC(=O)CCC(=O)OCC(C)C.[Na]. The van der Waals surface area contributed by atoms with E-state index < -0.39 is 0 Å². The van der Waals surface area contributed by atoms with E-state index in [0.29, 0.717) is 25.0 Å². The van der Waals surface area contributed by atoms with Gasteiger partial charge in [-0.05, 0) is 11.8 Å². The molecule has 0 amide bonds. The van der Waals surface area contributed by atoms with Crippen LogP contribution in [0, 0.1) is 11.8 Å². The molecule has 0 aromatic rings. The maximum absolute atomic E-state index is 11.2. The standard InChI is InChI=1S/C12H22O4.Na/c1-9(2)7-15-11(13)5-6-12(14)16-8-10(3)4;/h9-10H,5-8H2,1-4H3;. The first kappa shape index (κ1) is 19.3. The summed E-state index contributed by atoms with van der Waals surface area (Å²) in [6.45, 7) is 8.66. The Morgan fingerprint density at radius 3 is 1.35 bits per heavy atom. The molecule has 0 aromatic heterocycles. The molecule has 0 heterocycles. The van der Waals surface area contributed by atoms with Crippen LogP contribution in [0.3, 0.4) is 0 Å². The molecule has 0 bridgehead atoms. The van der Waals surface area contributed by atoms with Crippen molar-refractivity contribution >= 4 is 41.5 Å². The maximum atomic E-state index is 11.2. The molecule has 0 N–H and O–H groups in total. The Hall–Kier alpha value is -0.0600. The van der Waals surface area contributed by atoms with Gasteiger partial charge >= 0.3 is 11.9 Å². The number of hydrogen-bond donors (Lipinski definition) is 0. The van der Waals surface area contributed by atoms with Crippen molar-refractivity contribution in [2.24, 2.45) is 11.8 Å². The first-order valence-electron chi connectivity index (χ1n) is 5.73. The van der Waals surface area contributed by atoms with Crippen molar-refractivity contribution in [3.63, 3.8) is 0 Å². The van der Waals surface area contributed by atoms with E-state index in [1.807, 2.05) is 27.7 Å². The molecular weight excluding hydrogens is 231 g/mol. The van der Waals surface area contributed by atoms with E-state index in [0.717, 1.165) is 0 Å². The summed E-state index contributed by atoms with van der Waals surface area (Å²) < 4.78 is 9.87. The van der Waals surface area contributed by atoms with E-state index in [9.17, 15) is 9.59 Å². The molecule has 0 aliphatic rings. The van der Waals surface area contributed by atoms with E-state index in [1.54, 1.807) is 0 Å². The van der Waals surface area contributed by atoms with Crippen molar-refractivity contribution in [1.29, 1.82) is 0 Å². The summed E-state index contributed by atoms with van der Waals surface area (Å²) in [6.07, 6.45) is 0.202. The molecule has 17 heavy (non-hydrogen) atoms. The number of rotatable bonds is 7.